The van der Waals surface area contributed by atoms with Crippen molar-refractivity contribution in [3.8, 4) is 11.5 Å². The Labute approximate surface area is 145 Å². The lowest BCUT2D eigenvalue weighted by molar-refractivity contribution is -0.119. The third kappa shape index (κ3) is 5.15. The van der Waals surface area contributed by atoms with Crippen LogP contribution in [0.4, 0.5) is 5.69 Å². The summed E-state index contributed by atoms with van der Waals surface area (Å²) in [6.07, 6.45) is 1.28. The Hall–Kier alpha value is -2.25. The summed E-state index contributed by atoms with van der Waals surface area (Å²) in [5.41, 5.74) is 3.43. The summed E-state index contributed by atoms with van der Waals surface area (Å²) in [4.78, 5) is 11.7. The molecule has 120 valence electrons. The molecule has 2 aromatic rings. The number of carbonyl (C=O) groups excluding carboxylic acids is 1. The smallest absolute Gasteiger partial charge is 0.259 e. The molecule has 23 heavy (non-hydrogen) atoms. The highest BCUT2D eigenvalue weighted by atomic mass is 79.9. The fraction of sp³-hybridized carbons (Fsp3) is 0.0667. The van der Waals surface area contributed by atoms with Gasteiger partial charge in [0.25, 0.3) is 5.91 Å². The zero-order valence-electron chi connectivity index (χ0n) is 11.8. The van der Waals surface area contributed by atoms with Crippen molar-refractivity contribution in [1.29, 1.82) is 0 Å². The summed E-state index contributed by atoms with van der Waals surface area (Å²) in [6, 6.07) is 9.23. The van der Waals surface area contributed by atoms with Gasteiger partial charge in [0.1, 0.15) is 11.5 Å². The lowest BCUT2D eigenvalue weighted by Crippen LogP contribution is -2.26. The van der Waals surface area contributed by atoms with Crippen molar-refractivity contribution in [1.82, 2.24) is 5.43 Å². The van der Waals surface area contributed by atoms with Gasteiger partial charge in [-0.25, -0.2) is 5.43 Å². The van der Waals surface area contributed by atoms with Gasteiger partial charge in [0.05, 0.1) is 12.8 Å². The second kappa shape index (κ2) is 7.85. The van der Waals surface area contributed by atoms with Crippen molar-refractivity contribution in [2.75, 3.05) is 11.9 Å². The molecule has 0 aliphatic carbocycles. The van der Waals surface area contributed by atoms with Crippen molar-refractivity contribution in [3.63, 3.8) is 0 Å². The number of phenols is 2. The summed E-state index contributed by atoms with van der Waals surface area (Å²) in [5, 5.41) is 26.0. The fourth-order valence-corrected chi connectivity index (χ4v) is 2.49. The predicted octanol–water partition coefficient (Wildman–Crippen LogP) is 3.08. The Kier molecular flexibility index (Phi) is 5.84. The van der Waals surface area contributed by atoms with Crippen LogP contribution in [0.1, 0.15) is 5.56 Å². The molecule has 0 aliphatic heterocycles. The largest absolute Gasteiger partial charge is 0.508 e. The molecule has 2 rings (SSSR count). The monoisotopic (exact) mass is 397 g/mol. The van der Waals surface area contributed by atoms with Gasteiger partial charge in [-0.3, -0.25) is 4.79 Å². The zero-order valence-corrected chi connectivity index (χ0v) is 14.1. The number of phenolic OH excluding ortho intramolecular Hbond substituents is 2. The first-order valence-corrected chi connectivity index (χ1v) is 7.65. The Morgan fingerprint density at radius 2 is 2.04 bits per heavy atom. The van der Waals surface area contributed by atoms with Crippen molar-refractivity contribution in [2.24, 2.45) is 5.10 Å². The van der Waals surface area contributed by atoms with Gasteiger partial charge in [-0.05, 0) is 46.3 Å². The third-order valence-electron chi connectivity index (χ3n) is 2.78. The van der Waals surface area contributed by atoms with E-state index in [0.717, 1.165) is 10.2 Å². The van der Waals surface area contributed by atoms with Crippen LogP contribution in [0.2, 0.25) is 5.02 Å². The van der Waals surface area contributed by atoms with E-state index in [1.54, 1.807) is 18.2 Å². The van der Waals surface area contributed by atoms with Gasteiger partial charge in [-0.15, -0.1) is 0 Å². The van der Waals surface area contributed by atoms with Crippen molar-refractivity contribution in [2.45, 2.75) is 0 Å². The molecule has 0 saturated heterocycles. The predicted molar refractivity (Wildman–Crippen MR) is 93.2 cm³/mol. The summed E-state index contributed by atoms with van der Waals surface area (Å²) in [5.74, 6) is -0.547. The number of anilines is 1. The third-order valence-corrected chi connectivity index (χ3v) is 3.67. The lowest BCUT2D eigenvalue weighted by atomic mass is 10.2. The topological polar surface area (TPSA) is 94.0 Å². The highest BCUT2D eigenvalue weighted by Crippen LogP contribution is 2.25. The lowest BCUT2D eigenvalue weighted by Gasteiger charge is -2.07. The fourth-order valence-electron chi connectivity index (χ4n) is 1.66. The van der Waals surface area contributed by atoms with Crippen LogP contribution in [-0.4, -0.2) is 28.9 Å². The first kappa shape index (κ1) is 17.1. The average Bonchev–Trinajstić information content (AvgIpc) is 2.48. The van der Waals surface area contributed by atoms with Gasteiger partial charge in [0.2, 0.25) is 0 Å². The Morgan fingerprint density at radius 3 is 2.74 bits per heavy atom. The number of benzene rings is 2. The second-order valence-corrected chi connectivity index (χ2v) is 5.80. The molecule has 0 bridgehead atoms. The van der Waals surface area contributed by atoms with E-state index >= 15 is 0 Å². The van der Waals surface area contributed by atoms with E-state index in [0.29, 0.717) is 10.6 Å². The van der Waals surface area contributed by atoms with Gasteiger partial charge in [-0.2, -0.15) is 5.10 Å². The molecule has 0 atom stereocenters. The molecule has 0 fully saturated rings. The highest BCUT2D eigenvalue weighted by molar-refractivity contribution is 9.10. The number of aromatic hydroxyl groups is 2. The number of rotatable bonds is 5. The van der Waals surface area contributed by atoms with E-state index in [4.69, 9.17) is 11.6 Å². The van der Waals surface area contributed by atoms with E-state index < -0.39 is 0 Å². The standard InChI is InChI=1S/C15H13BrClN3O3/c16-12-5-10(17)2-4-13(12)18-8-15(23)20-19-7-9-1-3-11(21)6-14(9)22/h1-7,18,21-22H,8H2,(H,20,23)/b19-7-. The Morgan fingerprint density at radius 1 is 1.26 bits per heavy atom. The van der Waals surface area contributed by atoms with Crippen molar-refractivity contribution < 1.29 is 15.0 Å². The maximum atomic E-state index is 11.7. The Balaban J connectivity index is 1.86. The quantitative estimate of drug-likeness (QED) is 0.460. The molecule has 0 heterocycles. The van der Waals surface area contributed by atoms with Crippen LogP contribution < -0.4 is 10.7 Å². The van der Waals surface area contributed by atoms with Crippen LogP contribution >= 0.6 is 27.5 Å². The second-order valence-electron chi connectivity index (χ2n) is 4.51. The number of hydrogen-bond acceptors (Lipinski definition) is 5. The van der Waals surface area contributed by atoms with Crippen LogP contribution in [-0.2, 0) is 4.79 Å². The van der Waals surface area contributed by atoms with E-state index in [9.17, 15) is 15.0 Å². The molecule has 0 aliphatic rings. The molecule has 2 aromatic carbocycles. The molecule has 8 heteroatoms. The summed E-state index contributed by atoms with van der Waals surface area (Å²) >= 11 is 9.17. The van der Waals surface area contributed by atoms with Gasteiger partial charge >= 0.3 is 0 Å². The molecular formula is C15H13BrClN3O3. The molecule has 0 radical (unpaired) electrons. The number of hydrazone groups is 1. The van der Waals surface area contributed by atoms with Gasteiger partial charge in [-0.1, -0.05) is 11.6 Å². The normalized spacial score (nSPS) is 10.7. The van der Waals surface area contributed by atoms with E-state index in [2.05, 4.69) is 31.8 Å². The first-order chi connectivity index (χ1) is 11.0. The maximum Gasteiger partial charge on any atom is 0.259 e. The summed E-state index contributed by atoms with van der Waals surface area (Å²) < 4.78 is 0.746. The van der Waals surface area contributed by atoms with E-state index in [-0.39, 0.29) is 24.0 Å². The number of nitrogens with zero attached hydrogens (tertiary/aromatic N) is 1. The molecule has 6 nitrogen and oxygen atoms in total. The molecule has 4 N–H and O–H groups in total. The molecule has 0 aromatic heterocycles. The minimum Gasteiger partial charge on any atom is -0.508 e. The minimum atomic E-state index is -0.360. The molecule has 0 saturated carbocycles. The van der Waals surface area contributed by atoms with Gasteiger partial charge < -0.3 is 15.5 Å². The summed E-state index contributed by atoms with van der Waals surface area (Å²) in [6.45, 7) is 0.0130. The van der Waals surface area contributed by atoms with Crippen molar-refractivity contribution >= 4 is 45.3 Å². The number of hydrogen-bond donors (Lipinski definition) is 4. The summed E-state index contributed by atoms with van der Waals surface area (Å²) in [7, 11) is 0. The first-order valence-electron chi connectivity index (χ1n) is 6.48. The Bertz CT molecular complexity index is 753. The highest BCUT2D eigenvalue weighted by Gasteiger charge is 2.04. The number of carbonyl (C=O) groups is 1. The number of amides is 1. The molecule has 0 unspecified atom stereocenters. The maximum absolute atomic E-state index is 11.7. The van der Waals surface area contributed by atoms with Gasteiger partial charge in [0, 0.05) is 26.8 Å². The van der Waals surface area contributed by atoms with E-state index in [1.165, 1.54) is 24.4 Å². The number of halogens is 2. The zero-order chi connectivity index (χ0) is 16.8. The van der Waals surface area contributed by atoms with Crippen LogP contribution in [0.5, 0.6) is 11.5 Å². The number of nitrogens with one attached hydrogen (secondary N) is 2. The van der Waals surface area contributed by atoms with Gasteiger partial charge in [0.15, 0.2) is 0 Å². The molecule has 1 amide bonds. The molecular weight excluding hydrogens is 386 g/mol. The van der Waals surface area contributed by atoms with E-state index in [1.807, 2.05) is 0 Å². The van der Waals surface area contributed by atoms with Crippen molar-refractivity contribution in [3.05, 3.63) is 51.5 Å². The van der Waals surface area contributed by atoms with Crippen LogP contribution in [0.25, 0.3) is 0 Å². The average molecular weight is 399 g/mol. The SMILES string of the molecule is O=C(CNc1ccc(Cl)cc1Br)N/N=C\c1ccc(O)cc1O. The van der Waals surface area contributed by atoms with Crippen LogP contribution in [0, 0.1) is 0 Å². The van der Waals surface area contributed by atoms with Crippen LogP contribution in [0.3, 0.4) is 0 Å². The molecule has 0 spiro atoms. The minimum absolute atomic E-state index is 0.0130. The van der Waals surface area contributed by atoms with Crippen LogP contribution in [0.15, 0.2) is 46.0 Å².